The predicted molar refractivity (Wildman–Crippen MR) is 96.8 cm³/mol. The molecule has 0 spiro atoms. The second-order valence-electron chi connectivity index (χ2n) is 5.70. The quantitative estimate of drug-likeness (QED) is 0.464. The lowest BCUT2D eigenvalue weighted by Gasteiger charge is -2.01. The van der Waals surface area contributed by atoms with Gasteiger partial charge in [0.15, 0.2) is 6.54 Å². The van der Waals surface area contributed by atoms with E-state index in [0.717, 1.165) is 13.0 Å². The highest BCUT2D eigenvalue weighted by atomic mass is 79.9. The Bertz CT molecular complexity index is 916. The van der Waals surface area contributed by atoms with E-state index in [1.165, 1.54) is 26.4 Å². The van der Waals surface area contributed by atoms with Crippen LogP contribution in [-0.2, 0) is 13.0 Å². The predicted octanol–water partition coefficient (Wildman–Crippen LogP) is 1.83. The fourth-order valence-corrected chi connectivity index (χ4v) is 4.12. The molecule has 0 radical (unpaired) electrons. The van der Waals surface area contributed by atoms with Gasteiger partial charge in [-0.2, -0.15) is 4.57 Å². The van der Waals surface area contributed by atoms with Gasteiger partial charge in [0, 0.05) is 11.6 Å². The number of thiazole rings is 1. The Morgan fingerprint density at radius 1 is 0.667 bits per heavy atom. The van der Waals surface area contributed by atoms with Crippen LogP contribution >= 0.6 is 11.3 Å². The third-order valence-electron chi connectivity index (χ3n) is 4.07. The average molecular weight is 396 g/mol. The van der Waals surface area contributed by atoms with Crippen LogP contribution in [-0.4, -0.2) is 0 Å². The van der Waals surface area contributed by atoms with E-state index >= 15 is 0 Å². The van der Waals surface area contributed by atoms with Crippen molar-refractivity contribution < 1.29 is 21.5 Å². The number of para-hydroxylation sites is 1. The van der Waals surface area contributed by atoms with Crippen molar-refractivity contribution in [3.05, 3.63) is 101 Å². The number of halogens is 1. The molecule has 1 aromatic heterocycles. The third-order valence-corrected chi connectivity index (χ3v) is 5.23. The summed E-state index contributed by atoms with van der Waals surface area (Å²) in [6.45, 7) is 0.924. The largest absolute Gasteiger partial charge is 1.00 e. The van der Waals surface area contributed by atoms with E-state index in [2.05, 4.69) is 89.5 Å². The minimum Gasteiger partial charge on any atom is -1.00 e. The molecule has 120 valence electrons. The Morgan fingerprint density at radius 2 is 1.25 bits per heavy atom. The van der Waals surface area contributed by atoms with E-state index in [1.54, 1.807) is 0 Å². The van der Waals surface area contributed by atoms with Crippen LogP contribution in [0.4, 0.5) is 0 Å². The number of aromatic nitrogens is 1. The van der Waals surface area contributed by atoms with Crippen molar-refractivity contribution in [1.29, 1.82) is 0 Å². The molecule has 3 heteroatoms. The Kier molecular flexibility index (Phi) is 5.44. The molecule has 0 saturated heterocycles. The van der Waals surface area contributed by atoms with Crippen molar-refractivity contribution in [1.82, 2.24) is 0 Å². The van der Waals surface area contributed by atoms with E-state index < -0.39 is 0 Å². The van der Waals surface area contributed by atoms with Gasteiger partial charge < -0.3 is 17.0 Å². The summed E-state index contributed by atoms with van der Waals surface area (Å²) in [5.74, 6) is 0. The van der Waals surface area contributed by atoms with Crippen LogP contribution in [0.15, 0.2) is 84.9 Å². The normalized spacial score (nSPS) is 10.5. The second-order valence-corrected chi connectivity index (χ2v) is 6.81. The van der Waals surface area contributed by atoms with Crippen LogP contribution in [0.3, 0.4) is 0 Å². The first-order valence-corrected chi connectivity index (χ1v) is 8.70. The molecule has 0 aliphatic rings. The van der Waals surface area contributed by atoms with Gasteiger partial charge in [-0.25, -0.2) is 0 Å². The summed E-state index contributed by atoms with van der Waals surface area (Å²) < 4.78 is 3.82. The van der Waals surface area contributed by atoms with Gasteiger partial charge in [-0.1, -0.05) is 84.1 Å². The fourth-order valence-electron chi connectivity index (χ4n) is 2.92. The SMILES string of the molecule is [Br-].c1ccc(Cc2sc3ccccc3[n+]2Cc2ccccc2)cc1. The van der Waals surface area contributed by atoms with Crippen molar-refractivity contribution in [2.75, 3.05) is 0 Å². The van der Waals surface area contributed by atoms with Crippen LogP contribution in [0.1, 0.15) is 16.1 Å². The van der Waals surface area contributed by atoms with Crippen LogP contribution in [0.25, 0.3) is 10.2 Å². The summed E-state index contributed by atoms with van der Waals surface area (Å²) in [5, 5.41) is 1.40. The topological polar surface area (TPSA) is 3.88 Å². The van der Waals surface area contributed by atoms with Crippen molar-refractivity contribution in [2.24, 2.45) is 0 Å². The molecular formula is C21H18BrNS. The number of fused-ring (bicyclic) bond motifs is 1. The minimum atomic E-state index is 0. The molecule has 0 amide bonds. The van der Waals surface area contributed by atoms with E-state index in [1.807, 2.05) is 11.3 Å². The molecule has 0 N–H and O–H groups in total. The molecule has 0 unspecified atom stereocenters. The zero-order valence-electron chi connectivity index (χ0n) is 13.2. The highest BCUT2D eigenvalue weighted by Gasteiger charge is 2.20. The zero-order chi connectivity index (χ0) is 15.5. The van der Waals surface area contributed by atoms with E-state index in [4.69, 9.17) is 0 Å². The Morgan fingerprint density at radius 3 is 1.96 bits per heavy atom. The first-order valence-electron chi connectivity index (χ1n) is 7.88. The summed E-state index contributed by atoms with van der Waals surface area (Å²) in [6.07, 6.45) is 0.979. The molecule has 0 atom stereocenters. The molecule has 0 saturated carbocycles. The number of benzene rings is 3. The Labute approximate surface area is 157 Å². The Hall–Kier alpha value is -1.97. The van der Waals surface area contributed by atoms with Crippen molar-refractivity contribution in [3.63, 3.8) is 0 Å². The molecule has 0 bridgehead atoms. The fraction of sp³-hybridized carbons (Fsp3) is 0.0952. The number of rotatable bonds is 4. The molecule has 4 aromatic rings. The summed E-state index contributed by atoms with van der Waals surface area (Å²) in [7, 11) is 0. The molecule has 1 nitrogen and oxygen atoms in total. The lowest BCUT2D eigenvalue weighted by molar-refractivity contribution is -0.665. The second kappa shape index (κ2) is 7.73. The Balaban J connectivity index is 0.00000169. The molecule has 0 aliphatic carbocycles. The van der Waals surface area contributed by atoms with E-state index in [0.29, 0.717) is 0 Å². The number of hydrogen-bond donors (Lipinski definition) is 0. The molecule has 4 rings (SSSR count). The lowest BCUT2D eigenvalue weighted by Crippen LogP contribution is -3.00. The minimum absolute atomic E-state index is 0. The van der Waals surface area contributed by atoms with Crippen LogP contribution < -0.4 is 21.5 Å². The van der Waals surface area contributed by atoms with E-state index in [-0.39, 0.29) is 17.0 Å². The zero-order valence-corrected chi connectivity index (χ0v) is 15.6. The highest BCUT2D eigenvalue weighted by molar-refractivity contribution is 7.18. The summed E-state index contributed by atoms with van der Waals surface area (Å²) in [5.41, 5.74) is 4.03. The summed E-state index contributed by atoms with van der Waals surface area (Å²) >= 11 is 1.90. The van der Waals surface area contributed by atoms with Gasteiger partial charge in [0.1, 0.15) is 4.70 Å². The maximum atomic E-state index is 2.46. The van der Waals surface area contributed by atoms with Gasteiger partial charge in [-0.3, -0.25) is 0 Å². The molecule has 0 fully saturated rings. The van der Waals surface area contributed by atoms with Crippen LogP contribution in [0.2, 0.25) is 0 Å². The molecular weight excluding hydrogens is 378 g/mol. The standard InChI is InChI=1S/C21H18NS.BrH/c1-3-9-17(10-4-1)15-21-22(16-18-11-5-2-6-12-18)19-13-7-8-14-20(19)23-21;/h1-14H,15-16H2;1H/q+1;/p-1. The third kappa shape index (κ3) is 3.58. The van der Waals surface area contributed by atoms with Crippen molar-refractivity contribution >= 4 is 21.6 Å². The molecule has 24 heavy (non-hydrogen) atoms. The smallest absolute Gasteiger partial charge is 0.243 e. The maximum absolute atomic E-state index is 2.46. The monoisotopic (exact) mass is 395 g/mol. The highest BCUT2D eigenvalue weighted by Crippen LogP contribution is 2.23. The summed E-state index contributed by atoms with van der Waals surface area (Å²) in [4.78, 5) is 0. The maximum Gasteiger partial charge on any atom is 0.243 e. The van der Waals surface area contributed by atoms with Crippen molar-refractivity contribution in [2.45, 2.75) is 13.0 Å². The van der Waals surface area contributed by atoms with Crippen molar-refractivity contribution in [3.8, 4) is 0 Å². The van der Waals surface area contributed by atoms with Crippen LogP contribution in [0, 0.1) is 0 Å². The van der Waals surface area contributed by atoms with Gasteiger partial charge in [0.25, 0.3) is 0 Å². The van der Waals surface area contributed by atoms with Gasteiger partial charge in [-0.15, -0.1) is 0 Å². The first-order chi connectivity index (χ1) is 11.4. The average Bonchev–Trinajstić information content (AvgIpc) is 2.94. The van der Waals surface area contributed by atoms with E-state index in [9.17, 15) is 0 Å². The van der Waals surface area contributed by atoms with Crippen LogP contribution in [0.5, 0.6) is 0 Å². The number of nitrogens with zero attached hydrogens (tertiary/aromatic N) is 1. The first kappa shape index (κ1) is 16.9. The molecule has 3 aromatic carbocycles. The van der Waals surface area contributed by atoms with Gasteiger partial charge in [0.2, 0.25) is 10.5 Å². The number of hydrogen-bond acceptors (Lipinski definition) is 1. The lowest BCUT2D eigenvalue weighted by atomic mass is 10.1. The van der Waals surface area contributed by atoms with Gasteiger partial charge >= 0.3 is 0 Å². The molecule has 1 heterocycles. The molecule has 0 aliphatic heterocycles. The van der Waals surface area contributed by atoms with Gasteiger partial charge in [-0.05, 0) is 11.6 Å². The summed E-state index contributed by atoms with van der Waals surface area (Å²) in [6, 6.07) is 30.1. The van der Waals surface area contributed by atoms with Gasteiger partial charge in [0.05, 0.1) is 6.42 Å².